The Bertz CT molecular complexity index is 638. The first-order valence-electron chi connectivity index (χ1n) is 7.70. The lowest BCUT2D eigenvalue weighted by molar-refractivity contribution is -0.117. The van der Waals surface area contributed by atoms with Gasteiger partial charge in [0.15, 0.2) is 0 Å². The van der Waals surface area contributed by atoms with Crippen molar-refractivity contribution in [1.29, 1.82) is 0 Å². The van der Waals surface area contributed by atoms with Crippen molar-refractivity contribution in [3.63, 3.8) is 0 Å². The predicted octanol–water partition coefficient (Wildman–Crippen LogP) is 4.58. The Morgan fingerprint density at radius 2 is 1.55 bits per heavy atom. The average Bonchev–Trinajstić information content (AvgIpc) is 2.53. The standard InChI is InChI=1S/C20H23NO/c1-4-19(18-12-7-16(3)8-13-18)21-20(22)14-11-17-9-5-15(2)6-10-17/h5-14,19H,4H2,1-3H3,(H,21,22)/b14-11+/t19-/m0/s1. The van der Waals surface area contributed by atoms with Gasteiger partial charge >= 0.3 is 0 Å². The summed E-state index contributed by atoms with van der Waals surface area (Å²) in [5.41, 5.74) is 4.62. The molecule has 1 N–H and O–H groups in total. The van der Waals surface area contributed by atoms with Gasteiger partial charge in [0.25, 0.3) is 0 Å². The highest BCUT2D eigenvalue weighted by Gasteiger charge is 2.10. The molecule has 0 bridgehead atoms. The number of nitrogens with one attached hydrogen (secondary N) is 1. The normalized spacial score (nSPS) is 12.3. The molecule has 0 saturated carbocycles. The maximum atomic E-state index is 12.1. The van der Waals surface area contributed by atoms with Crippen LogP contribution < -0.4 is 5.32 Å². The van der Waals surface area contributed by atoms with Crippen LogP contribution in [0.3, 0.4) is 0 Å². The zero-order chi connectivity index (χ0) is 15.9. The number of carbonyl (C=O) groups is 1. The zero-order valence-electron chi connectivity index (χ0n) is 13.5. The third kappa shape index (κ3) is 4.59. The Balaban J connectivity index is 2.00. The van der Waals surface area contributed by atoms with Crippen LogP contribution in [-0.2, 0) is 4.79 Å². The lowest BCUT2D eigenvalue weighted by Crippen LogP contribution is -2.26. The lowest BCUT2D eigenvalue weighted by atomic mass is 10.0. The summed E-state index contributed by atoms with van der Waals surface area (Å²) in [5, 5.41) is 3.06. The van der Waals surface area contributed by atoms with E-state index in [1.54, 1.807) is 6.08 Å². The minimum atomic E-state index is -0.0620. The number of hydrogen-bond donors (Lipinski definition) is 1. The quantitative estimate of drug-likeness (QED) is 0.803. The van der Waals surface area contributed by atoms with E-state index in [4.69, 9.17) is 0 Å². The molecule has 2 heteroatoms. The minimum Gasteiger partial charge on any atom is -0.346 e. The second kappa shape index (κ2) is 7.60. The Hall–Kier alpha value is -2.35. The van der Waals surface area contributed by atoms with Crippen molar-refractivity contribution < 1.29 is 4.79 Å². The van der Waals surface area contributed by atoms with E-state index in [2.05, 4.69) is 43.4 Å². The summed E-state index contributed by atoms with van der Waals surface area (Å²) in [5.74, 6) is -0.0620. The number of hydrogen-bond acceptors (Lipinski definition) is 1. The topological polar surface area (TPSA) is 29.1 Å². The number of rotatable bonds is 5. The summed E-state index contributed by atoms with van der Waals surface area (Å²) >= 11 is 0. The largest absolute Gasteiger partial charge is 0.346 e. The van der Waals surface area contributed by atoms with Crippen molar-refractivity contribution in [2.24, 2.45) is 0 Å². The molecule has 1 atom stereocenters. The molecule has 1 amide bonds. The molecule has 22 heavy (non-hydrogen) atoms. The SMILES string of the molecule is CC[C@H](NC(=O)/C=C/c1ccc(C)cc1)c1ccc(C)cc1. The van der Waals surface area contributed by atoms with E-state index in [1.807, 2.05) is 37.3 Å². The van der Waals surface area contributed by atoms with E-state index in [1.165, 1.54) is 11.1 Å². The van der Waals surface area contributed by atoms with Crippen LogP contribution in [0.25, 0.3) is 6.08 Å². The molecule has 0 aliphatic carbocycles. The van der Waals surface area contributed by atoms with Crippen LogP contribution >= 0.6 is 0 Å². The summed E-state index contributed by atoms with van der Waals surface area (Å²) in [6.45, 7) is 6.19. The molecule has 2 rings (SSSR count). The first kappa shape index (κ1) is 16.0. The van der Waals surface area contributed by atoms with Crippen molar-refractivity contribution in [1.82, 2.24) is 5.32 Å². The molecule has 0 spiro atoms. The second-order valence-corrected chi connectivity index (χ2v) is 5.62. The van der Waals surface area contributed by atoms with Crippen molar-refractivity contribution in [2.75, 3.05) is 0 Å². The van der Waals surface area contributed by atoms with Crippen LogP contribution in [0.15, 0.2) is 54.6 Å². The van der Waals surface area contributed by atoms with E-state index in [0.29, 0.717) is 0 Å². The van der Waals surface area contributed by atoms with Crippen LogP contribution in [0.1, 0.15) is 41.6 Å². The molecular formula is C20H23NO. The highest BCUT2D eigenvalue weighted by molar-refractivity contribution is 5.92. The van der Waals surface area contributed by atoms with Gasteiger partial charge in [-0.15, -0.1) is 0 Å². The van der Waals surface area contributed by atoms with Crippen LogP contribution in [0, 0.1) is 13.8 Å². The second-order valence-electron chi connectivity index (χ2n) is 5.62. The predicted molar refractivity (Wildman–Crippen MR) is 92.6 cm³/mol. The first-order valence-corrected chi connectivity index (χ1v) is 7.70. The molecule has 2 aromatic rings. The van der Waals surface area contributed by atoms with E-state index in [0.717, 1.165) is 17.5 Å². The summed E-state index contributed by atoms with van der Waals surface area (Å²) in [7, 11) is 0. The van der Waals surface area contributed by atoms with E-state index < -0.39 is 0 Å². The molecule has 114 valence electrons. The van der Waals surface area contributed by atoms with Crippen molar-refractivity contribution >= 4 is 12.0 Å². The average molecular weight is 293 g/mol. The summed E-state index contributed by atoms with van der Waals surface area (Å²) in [6, 6.07) is 16.5. The van der Waals surface area contributed by atoms with Gasteiger partial charge in [0.1, 0.15) is 0 Å². The summed E-state index contributed by atoms with van der Waals surface area (Å²) in [4.78, 5) is 12.1. The van der Waals surface area contributed by atoms with Gasteiger partial charge in [0, 0.05) is 6.08 Å². The Morgan fingerprint density at radius 1 is 1.00 bits per heavy atom. The Labute approximate surface area is 132 Å². The highest BCUT2D eigenvalue weighted by atomic mass is 16.1. The molecule has 0 fully saturated rings. The van der Waals surface area contributed by atoms with Gasteiger partial charge in [-0.1, -0.05) is 66.6 Å². The Morgan fingerprint density at radius 3 is 2.09 bits per heavy atom. The summed E-state index contributed by atoms with van der Waals surface area (Å²) < 4.78 is 0. The fourth-order valence-corrected chi connectivity index (χ4v) is 2.29. The smallest absolute Gasteiger partial charge is 0.244 e. The third-order valence-electron chi connectivity index (χ3n) is 3.71. The molecule has 0 radical (unpaired) electrons. The molecule has 2 nitrogen and oxygen atoms in total. The molecule has 0 saturated heterocycles. The lowest BCUT2D eigenvalue weighted by Gasteiger charge is -2.16. The van der Waals surface area contributed by atoms with Crippen LogP contribution in [0.2, 0.25) is 0 Å². The zero-order valence-corrected chi connectivity index (χ0v) is 13.5. The van der Waals surface area contributed by atoms with E-state index in [-0.39, 0.29) is 11.9 Å². The number of aryl methyl sites for hydroxylation is 2. The van der Waals surface area contributed by atoms with Gasteiger partial charge in [-0.2, -0.15) is 0 Å². The maximum absolute atomic E-state index is 12.1. The molecule has 0 heterocycles. The number of amides is 1. The van der Waals surface area contributed by atoms with E-state index in [9.17, 15) is 4.79 Å². The number of benzene rings is 2. The third-order valence-corrected chi connectivity index (χ3v) is 3.71. The summed E-state index contributed by atoms with van der Waals surface area (Å²) in [6.07, 6.45) is 4.31. The fraction of sp³-hybridized carbons (Fsp3) is 0.250. The number of carbonyl (C=O) groups excluding carboxylic acids is 1. The molecule has 0 aliphatic heterocycles. The van der Waals surface area contributed by atoms with Crippen LogP contribution in [-0.4, -0.2) is 5.91 Å². The van der Waals surface area contributed by atoms with Crippen molar-refractivity contribution in [3.8, 4) is 0 Å². The fourth-order valence-electron chi connectivity index (χ4n) is 2.29. The van der Waals surface area contributed by atoms with Crippen molar-refractivity contribution in [2.45, 2.75) is 33.2 Å². The van der Waals surface area contributed by atoms with Crippen LogP contribution in [0.5, 0.6) is 0 Å². The Kier molecular flexibility index (Phi) is 5.54. The molecule has 0 aromatic heterocycles. The molecular weight excluding hydrogens is 270 g/mol. The first-order chi connectivity index (χ1) is 10.6. The van der Waals surface area contributed by atoms with Gasteiger partial charge in [-0.3, -0.25) is 4.79 Å². The molecule has 2 aromatic carbocycles. The van der Waals surface area contributed by atoms with Gasteiger partial charge in [-0.05, 0) is 37.5 Å². The van der Waals surface area contributed by atoms with Gasteiger partial charge in [0.05, 0.1) is 6.04 Å². The van der Waals surface area contributed by atoms with Gasteiger partial charge in [0.2, 0.25) is 5.91 Å². The molecule has 0 unspecified atom stereocenters. The minimum absolute atomic E-state index is 0.0516. The monoisotopic (exact) mass is 293 g/mol. The van der Waals surface area contributed by atoms with Crippen LogP contribution in [0.4, 0.5) is 0 Å². The van der Waals surface area contributed by atoms with Gasteiger partial charge in [-0.25, -0.2) is 0 Å². The van der Waals surface area contributed by atoms with Gasteiger partial charge < -0.3 is 5.32 Å². The highest BCUT2D eigenvalue weighted by Crippen LogP contribution is 2.17. The maximum Gasteiger partial charge on any atom is 0.244 e. The van der Waals surface area contributed by atoms with E-state index >= 15 is 0 Å². The van der Waals surface area contributed by atoms with Crippen molar-refractivity contribution in [3.05, 3.63) is 76.9 Å². The molecule has 0 aliphatic rings.